The highest BCUT2D eigenvalue weighted by Crippen LogP contribution is 2.47. The number of phenolic OH excluding ortho intramolecular Hbond substituents is 2. The number of rotatable bonds is 9. The van der Waals surface area contributed by atoms with Crippen molar-refractivity contribution in [2.24, 2.45) is 0 Å². The van der Waals surface area contributed by atoms with E-state index in [0.717, 1.165) is 5.56 Å². The van der Waals surface area contributed by atoms with Crippen LogP contribution in [0.3, 0.4) is 0 Å². The Kier molecular flexibility index (Phi) is 12.5. The number of carbonyl (C=O) groups excluding carboxylic acids is 3. The third-order valence-corrected chi connectivity index (χ3v) is 8.56. The van der Waals surface area contributed by atoms with Crippen LogP contribution in [0.4, 0.5) is 0 Å². The minimum absolute atomic E-state index is 0.0322. The van der Waals surface area contributed by atoms with Gasteiger partial charge in [0.15, 0.2) is 11.5 Å². The van der Waals surface area contributed by atoms with Crippen LogP contribution in [0.2, 0.25) is 0 Å². The van der Waals surface area contributed by atoms with Gasteiger partial charge in [0.2, 0.25) is 11.7 Å². The van der Waals surface area contributed by atoms with Crippen LogP contribution < -0.4 is 19.5 Å². The molecule has 0 saturated heterocycles. The summed E-state index contributed by atoms with van der Waals surface area (Å²) in [7, 11) is 4.40. The van der Waals surface area contributed by atoms with Crippen molar-refractivity contribution >= 4 is 23.7 Å². The molecule has 48 heavy (non-hydrogen) atoms. The molecule has 1 amide bonds. The van der Waals surface area contributed by atoms with Crippen LogP contribution in [0.1, 0.15) is 103 Å². The number of carbonyl (C=O) groups is 3. The Morgan fingerprint density at radius 2 is 1.62 bits per heavy atom. The maximum atomic E-state index is 13.7. The Morgan fingerprint density at radius 3 is 2.27 bits per heavy atom. The fourth-order valence-electron chi connectivity index (χ4n) is 6.02. The molecule has 3 atom stereocenters. The molecule has 0 aromatic heterocycles. The van der Waals surface area contributed by atoms with E-state index in [1.807, 2.05) is 37.3 Å². The smallest absolute Gasteiger partial charge is 0.342 e. The lowest BCUT2D eigenvalue weighted by Crippen LogP contribution is -2.28. The molecule has 1 heterocycles. The predicted octanol–water partition coefficient (Wildman–Crippen LogP) is 7.00. The topological polar surface area (TPSA) is 141 Å². The van der Waals surface area contributed by atoms with Crippen LogP contribution in [0.15, 0.2) is 54.6 Å². The van der Waals surface area contributed by atoms with E-state index in [1.165, 1.54) is 27.4 Å². The van der Waals surface area contributed by atoms with Gasteiger partial charge in [-0.2, -0.15) is 0 Å². The van der Waals surface area contributed by atoms with Crippen LogP contribution in [0.5, 0.6) is 28.7 Å². The third kappa shape index (κ3) is 8.67. The van der Waals surface area contributed by atoms with Gasteiger partial charge in [0.1, 0.15) is 22.8 Å². The number of benzene rings is 3. The Balaban J connectivity index is 1.86. The van der Waals surface area contributed by atoms with Gasteiger partial charge in [-0.15, -0.1) is 0 Å². The molecule has 0 spiro atoms. The van der Waals surface area contributed by atoms with Crippen molar-refractivity contribution < 1.29 is 43.5 Å². The Bertz CT molecular complexity index is 1610. The molecule has 1 unspecified atom stereocenters. The zero-order valence-electron chi connectivity index (χ0n) is 28.2. The number of hydrogen-bond donors (Lipinski definition) is 3. The number of ketones is 1. The SMILES string of the molecule is COc1cc(C(CC(=O)N[C@@H](C)c2ccccc2)c2c(O)cc3c(c2O)C(=O)O[C@@H](C)CCCC(=O)CCCC=C3)cc(OC)c1OC. The zero-order chi connectivity index (χ0) is 34.8. The number of methoxy groups -OCH3 is 3. The second-order valence-electron chi connectivity index (χ2n) is 12.0. The van der Waals surface area contributed by atoms with Crippen LogP contribution in [-0.2, 0) is 14.3 Å². The Morgan fingerprint density at radius 1 is 0.958 bits per heavy atom. The van der Waals surface area contributed by atoms with Gasteiger partial charge < -0.3 is 34.5 Å². The Labute approximate surface area is 281 Å². The highest BCUT2D eigenvalue weighted by Gasteiger charge is 2.32. The molecule has 3 aromatic rings. The van der Waals surface area contributed by atoms with Crippen molar-refractivity contribution in [3.8, 4) is 28.7 Å². The van der Waals surface area contributed by atoms with E-state index in [4.69, 9.17) is 18.9 Å². The summed E-state index contributed by atoms with van der Waals surface area (Å²) in [6.07, 6.45) is 5.78. The van der Waals surface area contributed by atoms with E-state index in [-0.39, 0.29) is 46.6 Å². The summed E-state index contributed by atoms with van der Waals surface area (Å²) >= 11 is 0. The van der Waals surface area contributed by atoms with Crippen molar-refractivity contribution in [2.75, 3.05) is 21.3 Å². The molecular weight excluding hydrogens is 614 g/mol. The number of allylic oxidation sites excluding steroid dienone is 1. The largest absolute Gasteiger partial charge is 0.507 e. The van der Waals surface area contributed by atoms with Crippen molar-refractivity contribution in [1.29, 1.82) is 0 Å². The molecule has 0 fully saturated rings. The van der Waals surface area contributed by atoms with Gasteiger partial charge >= 0.3 is 5.97 Å². The molecule has 1 aliphatic heterocycles. The van der Waals surface area contributed by atoms with Gasteiger partial charge in [-0.05, 0) is 74.4 Å². The van der Waals surface area contributed by atoms with Crippen LogP contribution in [0.25, 0.3) is 6.08 Å². The van der Waals surface area contributed by atoms with Gasteiger partial charge in [0, 0.05) is 30.7 Å². The van der Waals surface area contributed by atoms with Crippen molar-refractivity contribution in [1.82, 2.24) is 5.32 Å². The number of cyclic esters (lactones) is 1. The van der Waals surface area contributed by atoms with Crippen molar-refractivity contribution in [3.63, 3.8) is 0 Å². The molecule has 1 aliphatic rings. The molecule has 0 radical (unpaired) electrons. The maximum Gasteiger partial charge on any atom is 0.342 e. The average molecular weight is 660 g/mol. The maximum absolute atomic E-state index is 13.7. The van der Waals surface area contributed by atoms with Gasteiger partial charge in [-0.25, -0.2) is 4.79 Å². The van der Waals surface area contributed by atoms with E-state index in [0.29, 0.717) is 61.3 Å². The normalized spacial score (nSPS) is 16.9. The first-order valence-electron chi connectivity index (χ1n) is 16.2. The molecule has 10 heteroatoms. The minimum atomic E-state index is -0.972. The molecule has 3 aromatic carbocycles. The first-order valence-corrected chi connectivity index (χ1v) is 16.2. The average Bonchev–Trinajstić information content (AvgIpc) is 3.06. The van der Waals surface area contributed by atoms with Gasteiger partial charge in [0.25, 0.3) is 0 Å². The summed E-state index contributed by atoms with van der Waals surface area (Å²) in [6, 6.07) is 13.8. The molecular formula is C38H45NO9. The number of phenols is 2. The lowest BCUT2D eigenvalue weighted by atomic mass is 9.84. The quantitative estimate of drug-likeness (QED) is 0.207. The van der Waals surface area contributed by atoms with E-state index >= 15 is 0 Å². The monoisotopic (exact) mass is 659 g/mol. The fourth-order valence-corrected chi connectivity index (χ4v) is 6.02. The zero-order valence-corrected chi connectivity index (χ0v) is 28.2. The first kappa shape index (κ1) is 35.9. The molecule has 256 valence electrons. The van der Waals surface area contributed by atoms with Gasteiger partial charge in [0.05, 0.1) is 33.5 Å². The summed E-state index contributed by atoms with van der Waals surface area (Å²) in [5.74, 6) is -1.84. The summed E-state index contributed by atoms with van der Waals surface area (Å²) in [4.78, 5) is 39.6. The summed E-state index contributed by atoms with van der Waals surface area (Å²) in [6.45, 7) is 3.60. The number of ether oxygens (including phenoxy) is 4. The van der Waals surface area contributed by atoms with Crippen molar-refractivity contribution in [3.05, 3.63) is 82.4 Å². The Hall–Kier alpha value is -4.99. The number of nitrogens with one attached hydrogen (secondary N) is 1. The van der Waals surface area contributed by atoms with E-state index in [2.05, 4.69) is 5.32 Å². The minimum Gasteiger partial charge on any atom is -0.507 e. The number of Topliss-reactive ketones (excluding diaryl/α,β-unsaturated/α-hetero) is 1. The summed E-state index contributed by atoms with van der Waals surface area (Å²) in [5.41, 5.74) is 1.45. The van der Waals surface area contributed by atoms with Gasteiger partial charge in [-0.1, -0.05) is 42.5 Å². The van der Waals surface area contributed by atoms with E-state index < -0.39 is 23.7 Å². The second kappa shape index (κ2) is 16.7. The standard InChI is InChI=1S/C38H45NO9/c1-23-13-12-18-28(40)17-11-7-10-16-26-19-30(41)35(36(43)34(26)38(44)48-23)29(22-33(42)39-24(2)25-14-8-6-9-15-25)27-20-31(45-3)37(47-5)32(21-27)46-4/h6,8-10,14-16,19-21,23-24,29,41,43H,7,11-13,17-18,22H2,1-5H3,(H,39,42)/t23-,24-,29?/m0/s1. The van der Waals surface area contributed by atoms with E-state index in [9.17, 15) is 24.6 Å². The molecule has 0 saturated carbocycles. The van der Waals surface area contributed by atoms with Crippen LogP contribution in [0, 0.1) is 0 Å². The lowest BCUT2D eigenvalue weighted by molar-refractivity contribution is -0.122. The highest BCUT2D eigenvalue weighted by molar-refractivity contribution is 5.98. The lowest BCUT2D eigenvalue weighted by Gasteiger charge is -2.25. The highest BCUT2D eigenvalue weighted by atomic mass is 16.5. The molecule has 0 aliphatic carbocycles. The molecule has 0 bridgehead atoms. The predicted molar refractivity (Wildman–Crippen MR) is 182 cm³/mol. The van der Waals surface area contributed by atoms with Gasteiger partial charge in [-0.3, -0.25) is 9.59 Å². The van der Waals surface area contributed by atoms with Crippen LogP contribution in [-0.4, -0.2) is 55.3 Å². The van der Waals surface area contributed by atoms with Crippen molar-refractivity contribution in [2.45, 2.75) is 76.9 Å². The number of amides is 1. The second-order valence-corrected chi connectivity index (χ2v) is 12.0. The van der Waals surface area contributed by atoms with E-state index in [1.54, 1.807) is 31.2 Å². The summed E-state index contributed by atoms with van der Waals surface area (Å²) in [5, 5.41) is 26.5. The number of hydrogen-bond acceptors (Lipinski definition) is 9. The summed E-state index contributed by atoms with van der Waals surface area (Å²) < 4.78 is 22.4. The molecule has 10 nitrogen and oxygen atoms in total. The molecule has 3 N–H and O–H groups in total. The third-order valence-electron chi connectivity index (χ3n) is 8.56. The van der Waals surface area contributed by atoms with Crippen LogP contribution >= 0.6 is 0 Å². The molecule has 4 rings (SSSR count). The number of fused-ring (bicyclic) bond motifs is 1. The number of esters is 1. The fraction of sp³-hybridized carbons (Fsp3) is 0.395. The number of aromatic hydroxyl groups is 2. The first-order chi connectivity index (χ1) is 23.1.